The van der Waals surface area contributed by atoms with Crippen molar-refractivity contribution in [3.8, 4) is 22.4 Å². The molecule has 2 aromatic heterocycles. The van der Waals surface area contributed by atoms with Gasteiger partial charge in [-0.05, 0) is 34.8 Å². The molecule has 122 valence electrons. The number of H-pyrrole nitrogens is 1. The van der Waals surface area contributed by atoms with Gasteiger partial charge in [-0.1, -0.05) is 31.1 Å². The quantitative estimate of drug-likeness (QED) is 0.500. The first-order valence-electron chi connectivity index (χ1n) is 7.96. The van der Waals surface area contributed by atoms with Gasteiger partial charge in [-0.25, -0.2) is 0 Å². The number of nitrogens with zero attached hydrogens (tertiary/aromatic N) is 3. The topological polar surface area (TPSA) is 101 Å². The predicted octanol–water partition coefficient (Wildman–Crippen LogP) is 2.09. The number of aromatic amines is 1. The van der Waals surface area contributed by atoms with Gasteiger partial charge in [0.25, 0.3) is 0 Å². The van der Waals surface area contributed by atoms with Gasteiger partial charge < -0.3 is 10.8 Å². The summed E-state index contributed by atoms with van der Waals surface area (Å²) in [6.07, 6.45) is 3.26. The van der Waals surface area contributed by atoms with Gasteiger partial charge >= 0.3 is 6.92 Å². The molecule has 0 aliphatic rings. The number of nitrogens with one attached hydrogen (secondary N) is 1. The highest BCUT2D eigenvalue weighted by Gasteiger charge is 2.14. The normalized spacial score (nSPS) is 11.0. The van der Waals surface area contributed by atoms with Crippen LogP contribution in [0.25, 0.3) is 33.3 Å². The zero-order valence-electron chi connectivity index (χ0n) is 13.6. The third-order valence-electron chi connectivity index (χ3n) is 4.30. The summed E-state index contributed by atoms with van der Waals surface area (Å²) in [6, 6.07) is 13.7. The third-order valence-corrected chi connectivity index (χ3v) is 4.30. The number of hydrogen-bond acceptors (Lipinski definition) is 5. The first-order chi connectivity index (χ1) is 12.1. The Kier molecular flexibility index (Phi) is 3.70. The molecule has 6 nitrogen and oxygen atoms in total. The lowest BCUT2D eigenvalue weighted by Gasteiger charge is -2.12. The summed E-state index contributed by atoms with van der Waals surface area (Å²) in [6.45, 7) is 1.20. The Bertz CT molecular complexity index is 1050. The zero-order valence-corrected chi connectivity index (χ0v) is 13.6. The number of aromatic nitrogens is 4. The maximum atomic E-state index is 9.97. The molecule has 0 radical (unpaired) electrons. The third kappa shape index (κ3) is 2.74. The monoisotopic (exact) mass is 329 g/mol. The van der Waals surface area contributed by atoms with Gasteiger partial charge in [0.1, 0.15) is 0 Å². The van der Waals surface area contributed by atoms with Crippen LogP contribution in [-0.4, -0.2) is 32.3 Å². The Morgan fingerprint density at radius 3 is 2.72 bits per heavy atom. The second-order valence-corrected chi connectivity index (χ2v) is 5.98. The lowest BCUT2D eigenvalue weighted by molar-refractivity contribution is 0.594. The number of fused-ring (bicyclic) bond motifs is 1. The minimum Gasteiger partial charge on any atom is -0.447 e. The lowest BCUT2D eigenvalue weighted by Crippen LogP contribution is -2.26. The fourth-order valence-corrected chi connectivity index (χ4v) is 2.95. The average molecular weight is 329 g/mol. The van der Waals surface area contributed by atoms with E-state index in [9.17, 15) is 5.02 Å². The minimum absolute atomic E-state index is 0.551. The van der Waals surface area contributed by atoms with E-state index < -0.39 is 6.92 Å². The Labute approximate surface area is 144 Å². The zero-order chi connectivity index (χ0) is 17.4. The summed E-state index contributed by atoms with van der Waals surface area (Å²) in [5, 5.41) is 26.0. The van der Waals surface area contributed by atoms with Crippen LogP contribution in [0.1, 0.15) is 0 Å². The molecule has 2 heterocycles. The number of rotatable bonds is 3. The van der Waals surface area contributed by atoms with E-state index in [1.54, 1.807) is 19.2 Å². The second kappa shape index (κ2) is 6.03. The van der Waals surface area contributed by atoms with E-state index in [4.69, 9.17) is 5.73 Å². The van der Waals surface area contributed by atoms with Gasteiger partial charge in [-0.2, -0.15) is 15.3 Å². The number of anilines is 1. The number of nitrogen functional groups attached to an aromatic ring is 1. The summed E-state index contributed by atoms with van der Waals surface area (Å²) in [5.74, 6) is 0. The van der Waals surface area contributed by atoms with Crippen LogP contribution in [0.5, 0.6) is 0 Å². The van der Waals surface area contributed by atoms with Crippen molar-refractivity contribution in [2.24, 2.45) is 0 Å². The van der Waals surface area contributed by atoms with Crippen LogP contribution in [0, 0.1) is 0 Å². The smallest absolute Gasteiger partial charge is 0.320 e. The van der Waals surface area contributed by atoms with Crippen LogP contribution < -0.4 is 11.2 Å². The maximum absolute atomic E-state index is 9.97. The molecular weight excluding hydrogens is 313 g/mol. The molecule has 0 saturated heterocycles. The molecule has 0 spiro atoms. The lowest BCUT2D eigenvalue weighted by atomic mass is 9.63. The fraction of sp³-hybridized carbons (Fsp3) is 0.0556. The number of hydrogen-bond donors (Lipinski definition) is 3. The van der Waals surface area contributed by atoms with Gasteiger partial charge in [0.05, 0.1) is 23.1 Å². The molecule has 4 rings (SSSR count). The van der Waals surface area contributed by atoms with Crippen LogP contribution in [0.3, 0.4) is 0 Å². The van der Waals surface area contributed by atoms with Gasteiger partial charge in [0, 0.05) is 17.1 Å². The van der Waals surface area contributed by atoms with Gasteiger partial charge in [0.15, 0.2) is 0 Å². The van der Waals surface area contributed by atoms with E-state index in [0.717, 1.165) is 38.8 Å². The van der Waals surface area contributed by atoms with Crippen molar-refractivity contribution < 1.29 is 5.02 Å². The Hall–Kier alpha value is -3.19. The molecule has 0 saturated carbocycles. The van der Waals surface area contributed by atoms with E-state index in [-0.39, 0.29) is 0 Å². The largest absolute Gasteiger partial charge is 0.447 e. The SMILES string of the molecule is CB(O)c1ccc(-c2ccn[nH]2)c(-c2ccc3c(N)cnnc3c2)c1. The van der Waals surface area contributed by atoms with Crippen molar-refractivity contribution in [3.05, 3.63) is 54.9 Å². The van der Waals surface area contributed by atoms with Crippen LogP contribution in [0.4, 0.5) is 5.69 Å². The molecule has 0 amide bonds. The summed E-state index contributed by atoms with van der Waals surface area (Å²) < 4.78 is 0. The molecule has 0 atom stereocenters. The van der Waals surface area contributed by atoms with Crippen molar-refractivity contribution in [1.82, 2.24) is 20.4 Å². The minimum atomic E-state index is -0.551. The first-order valence-corrected chi connectivity index (χ1v) is 7.96. The Morgan fingerprint density at radius 1 is 1.08 bits per heavy atom. The van der Waals surface area contributed by atoms with Crippen molar-refractivity contribution in [3.63, 3.8) is 0 Å². The average Bonchev–Trinajstić information content (AvgIpc) is 3.15. The molecule has 4 aromatic rings. The molecule has 25 heavy (non-hydrogen) atoms. The van der Waals surface area contributed by atoms with Gasteiger partial charge in [-0.15, -0.1) is 0 Å². The van der Waals surface area contributed by atoms with E-state index in [1.807, 2.05) is 42.5 Å². The second-order valence-electron chi connectivity index (χ2n) is 5.98. The van der Waals surface area contributed by atoms with Gasteiger partial charge in [0.2, 0.25) is 0 Å². The highest BCUT2D eigenvalue weighted by molar-refractivity contribution is 6.64. The molecule has 0 bridgehead atoms. The Morgan fingerprint density at radius 2 is 1.96 bits per heavy atom. The van der Waals surface area contributed by atoms with Crippen molar-refractivity contribution in [1.29, 1.82) is 0 Å². The van der Waals surface area contributed by atoms with Crippen molar-refractivity contribution in [2.45, 2.75) is 6.82 Å². The van der Waals surface area contributed by atoms with E-state index >= 15 is 0 Å². The molecule has 4 N–H and O–H groups in total. The Balaban J connectivity index is 1.95. The van der Waals surface area contributed by atoms with Crippen LogP contribution in [0.2, 0.25) is 6.82 Å². The van der Waals surface area contributed by atoms with Crippen molar-refractivity contribution in [2.75, 3.05) is 5.73 Å². The van der Waals surface area contributed by atoms with Gasteiger partial charge in [-0.3, -0.25) is 5.10 Å². The number of nitrogens with two attached hydrogens (primary N) is 1. The molecule has 0 fully saturated rings. The molecule has 0 unspecified atom stereocenters. The summed E-state index contributed by atoms with van der Waals surface area (Å²) in [7, 11) is 0. The fourth-order valence-electron chi connectivity index (χ4n) is 2.95. The standard InChI is InChI=1S/C18H16BN5O/c1-19(25)12-3-5-13(17-6-7-21-23-17)15(9-12)11-2-4-14-16(20)10-22-24-18(14)8-11/h2-10,25H,1H3,(H2,20,24)(H,21,23). The van der Waals surface area contributed by atoms with E-state index in [2.05, 4.69) is 20.4 Å². The van der Waals surface area contributed by atoms with Crippen LogP contribution in [0.15, 0.2) is 54.9 Å². The summed E-state index contributed by atoms with van der Waals surface area (Å²) >= 11 is 0. The molecule has 7 heteroatoms. The van der Waals surface area contributed by atoms with E-state index in [0.29, 0.717) is 5.69 Å². The highest BCUT2D eigenvalue weighted by Crippen LogP contribution is 2.32. The molecule has 0 aliphatic carbocycles. The predicted molar refractivity (Wildman–Crippen MR) is 100 cm³/mol. The molecule has 0 aliphatic heterocycles. The number of benzene rings is 2. The summed E-state index contributed by atoms with van der Waals surface area (Å²) in [5.41, 5.74) is 12.0. The maximum Gasteiger partial charge on any atom is 0.320 e. The molecule has 2 aromatic carbocycles. The van der Waals surface area contributed by atoms with E-state index in [1.165, 1.54) is 0 Å². The summed E-state index contributed by atoms with van der Waals surface area (Å²) in [4.78, 5) is 0. The van der Waals surface area contributed by atoms with Crippen molar-refractivity contribution >= 4 is 29.0 Å². The first kappa shape index (κ1) is 15.3. The van der Waals surface area contributed by atoms with Crippen LogP contribution in [-0.2, 0) is 0 Å². The highest BCUT2D eigenvalue weighted by atomic mass is 16.2. The molecular formula is C18H16BN5O. The van der Waals surface area contributed by atoms with Crippen LogP contribution >= 0.6 is 0 Å².